The summed E-state index contributed by atoms with van der Waals surface area (Å²) in [5.74, 6) is 0. The molecule has 1 aromatic carbocycles. The Bertz CT molecular complexity index is 683. The highest BCUT2D eigenvalue weighted by Gasteiger charge is 2.09. The summed E-state index contributed by atoms with van der Waals surface area (Å²) in [5, 5.41) is 3.58. The second kappa shape index (κ2) is 5.11. The standard InChI is InChI=1S/C14H13N3S2/c1-2-9-3-5-10(6-4-9)13-16-7-12(19-13)11-8-18-14(15)17-11/h3-8H,2H2,1H3,(H2,15,17). The van der Waals surface area contributed by atoms with E-state index in [0.717, 1.165) is 27.6 Å². The number of hydrogen-bond donors (Lipinski definition) is 1. The smallest absolute Gasteiger partial charge is 0.180 e. The molecule has 0 radical (unpaired) electrons. The highest BCUT2D eigenvalue weighted by molar-refractivity contribution is 7.19. The van der Waals surface area contributed by atoms with Crippen molar-refractivity contribution in [3.8, 4) is 21.1 Å². The maximum absolute atomic E-state index is 5.66. The average Bonchev–Trinajstić information content (AvgIpc) is 3.07. The van der Waals surface area contributed by atoms with Gasteiger partial charge < -0.3 is 5.73 Å². The van der Waals surface area contributed by atoms with E-state index in [1.54, 1.807) is 11.3 Å². The number of benzene rings is 1. The van der Waals surface area contributed by atoms with Gasteiger partial charge in [-0.05, 0) is 12.0 Å². The summed E-state index contributed by atoms with van der Waals surface area (Å²) in [6.07, 6.45) is 2.92. The maximum Gasteiger partial charge on any atom is 0.180 e. The van der Waals surface area contributed by atoms with E-state index in [2.05, 4.69) is 41.2 Å². The maximum atomic E-state index is 5.66. The molecule has 3 rings (SSSR count). The Labute approximate surface area is 119 Å². The van der Waals surface area contributed by atoms with Crippen LogP contribution < -0.4 is 5.73 Å². The molecule has 5 heteroatoms. The first kappa shape index (κ1) is 12.3. The molecule has 96 valence electrons. The number of thiazole rings is 2. The van der Waals surface area contributed by atoms with Crippen molar-refractivity contribution in [1.82, 2.24) is 9.97 Å². The second-order valence-corrected chi connectivity index (χ2v) is 6.07. The van der Waals surface area contributed by atoms with Gasteiger partial charge in [-0.2, -0.15) is 0 Å². The van der Waals surface area contributed by atoms with Crippen molar-refractivity contribution in [3.63, 3.8) is 0 Å². The fraction of sp³-hybridized carbons (Fsp3) is 0.143. The van der Waals surface area contributed by atoms with Gasteiger partial charge in [0.05, 0.1) is 10.6 Å². The van der Waals surface area contributed by atoms with E-state index < -0.39 is 0 Å². The highest BCUT2D eigenvalue weighted by atomic mass is 32.1. The molecule has 0 amide bonds. The third-order valence-electron chi connectivity index (χ3n) is 2.89. The Morgan fingerprint density at radius 1 is 1.21 bits per heavy atom. The van der Waals surface area contributed by atoms with E-state index in [9.17, 15) is 0 Å². The Hall–Kier alpha value is -1.72. The average molecular weight is 287 g/mol. The molecule has 19 heavy (non-hydrogen) atoms. The summed E-state index contributed by atoms with van der Waals surface area (Å²) in [5.41, 5.74) is 9.06. The Morgan fingerprint density at radius 3 is 2.63 bits per heavy atom. The van der Waals surface area contributed by atoms with Crippen molar-refractivity contribution < 1.29 is 0 Å². The number of aromatic nitrogens is 2. The van der Waals surface area contributed by atoms with Crippen molar-refractivity contribution in [1.29, 1.82) is 0 Å². The van der Waals surface area contributed by atoms with Crippen LogP contribution in [0.5, 0.6) is 0 Å². The lowest BCUT2D eigenvalue weighted by Crippen LogP contribution is -1.80. The molecule has 0 unspecified atom stereocenters. The van der Waals surface area contributed by atoms with Crippen molar-refractivity contribution in [2.24, 2.45) is 0 Å². The van der Waals surface area contributed by atoms with E-state index in [4.69, 9.17) is 5.73 Å². The quantitative estimate of drug-likeness (QED) is 0.789. The van der Waals surface area contributed by atoms with Crippen LogP contribution in [0.1, 0.15) is 12.5 Å². The molecule has 0 saturated heterocycles. The summed E-state index contributed by atoms with van der Waals surface area (Å²) < 4.78 is 0. The lowest BCUT2D eigenvalue weighted by Gasteiger charge is -1.98. The summed E-state index contributed by atoms with van der Waals surface area (Å²) in [6.45, 7) is 2.16. The van der Waals surface area contributed by atoms with Gasteiger partial charge in [0, 0.05) is 17.1 Å². The molecule has 0 spiro atoms. The van der Waals surface area contributed by atoms with Crippen LogP contribution >= 0.6 is 22.7 Å². The van der Waals surface area contributed by atoms with Crippen LogP contribution in [0.25, 0.3) is 21.1 Å². The minimum atomic E-state index is 0.595. The molecule has 2 aromatic heterocycles. The van der Waals surface area contributed by atoms with Crippen LogP contribution in [0.15, 0.2) is 35.8 Å². The van der Waals surface area contributed by atoms with Gasteiger partial charge >= 0.3 is 0 Å². The Kier molecular flexibility index (Phi) is 3.31. The second-order valence-electron chi connectivity index (χ2n) is 4.15. The minimum Gasteiger partial charge on any atom is -0.375 e. The van der Waals surface area contributed by atoms with Crippen LogP contribution in [0, 0.1) is 0 Å². The Balaban J connectivity index is 1.91. The first-order valence-electron chi connectivity index (χ1n) is 6.03. The SMILES string of the molecule is CCc1ccc(-c2ncc(-c3csc(N)n3)s2)cc1. The van der Waals surface area contributed by atoms with Crippen molar-refractivity contribution in [3.05, 3.63) is 41.4 Å². The molecule has 0 aliphatic heterocycles. The van der Waals surface area contributed by atoms with Gasteiger partial charge in [-0.25, -0.2) is 9.97 Å². The topological polar surface area (TPSA) is 51.8 Å². The highest BCUT2D eigenvalue weighted by Crippen LogP contribution is 2.33. The van der Waals surface area contributed by atoms with Crippen LogP contribution in [0.3, 0.4) is 0 Å². The Morgan fingerprint density at radius 2 is 2.00 bits per heavy atom. The van der Waals surface area contributed by atoms with E-state index in [1.807, 2.05) is 11.6 Å². The number of hydrogen-bond acceptors (Lipinski definition) is 5. The van der Waals surface area contributed by atoms with Crippen LogP contribution in [0.2, 0.25) is 0 Å². The molecule has 2 N–H and O–H groups in total. The minimum absolute atomic E-state index is 0.595. The normalized spacial score (nSPS) is 10.8. The number of rotatable bonds is 3. The zero-order valence-corrected chi connectivity index (χ0v) is 12.1. The third kappa shape index (κ3) is 2.52. The largest absolute Gasteiger partial charge is 0.375 e. The molecule has 0 aliphatic carbocycles. The monoisotopic (exact) mass is 287 g/mol. The number of nitrogens with zero attached hydrogens (tertiary/aromatic N) is 2. The molecule has 2 heterocycles. The molecular weight excluding hydrogens is 274 g/mol. The van der Waals surface area contributed by atoms with Crippen molar-refractivity contribution in [2.75, 3.05) is 5.73 Å². The number of nitrogen functional groups attached to an aromatic ring is 1. The van der Waals surface area contributed by atoms with Gasteiger partial charge in [-0.1, -0.05) is 31.2 Å². The summed E-state index contributed by atoms with van der Waals surface area (Å²) >= 11 is 3.10. The molecular formula is C14H13N3S2. The fourth-order valence-corrected chi connectivity index (χ4v) is 3.33. The predicted octanol–water partition coefficient (Wildman–Crippen LogP) is 4.08. The lowest BCUT2D eigenvalue weighted by molar-refractivity contribution is 1.14. The first-order chi connectivity index (χ1) is 9.26. The van der Waals surface area contributed by atoms with Crippen molar-refractivity contribution in [2.45, 2.75) is 13.3 Å². The summed E-state index contributed by atoms with van der Waals surface area (Å²) in [4.78, 5) is 9.81. The van der Waals surface area contributed by atoms with Crippen LogP contribution in [0.4, 0.5) is 5.13 Å². The molecule has 3 aromatic rings. The summed E-state index contributed by atoms with van der Waals surface area (Å²) in [7, 11) is 0. The van der Waals surface area contributed by atoms with Gasteiger partial charge in [-0.3, -0.25) is 0 Å². The van der Waals surface area contributed by atoms with Gasteiger partial charge in [-0.15, -0.1) is 22.7 Å². The molecule has 0 bridgehead atoms. The molecule has 0 atom stereocenters. The number of nitrogens with two attached hydrogens (primary N) is 1. The van der Waals surface area contributed by atoms with Gasteiger partial charge in [0.15, 0.2) is 5.13 Å². The van der Waals surface area contributed by atoms with E-state index in [0.29, 0.717) is 5.13 Å². The predicted molar refractivity (Wildman–Crippen MR) is 82.4 cm³/mol. The molecule has 3 nitrogen and oxygen atoms in total. The summed E-state index contributed by atoms with van der Waals surface area (Å²) in [6, 6.07) is 8.54. The van der Waals surface area contributed by atoms with Crippen LogP contribution in [-0.2, 0) is 6.42 Å². The third-order valence-corrected chi connectivity index (χ3v) is 4.63. The lowest BCUT2D eigenvalue weighted by atomic mass is 10.1. The van der Waals surface area contributed by atoms with Crippen LogP contribution in [-0.4, -0.2) is 9.97 Å². The number of anilines is 1. The zero-order valence-electron chi connectivity index (χ0n) is 10.5. The van der Waals surface area contributed by atoms with E-state index in [1.165, 1.54) is 16.9 Å². The number of aryl methyl sites for hydroxylation is 1. The molecule has 0 aliphatic rings. The van der Waals surface area contributed by atoms with Gasteiger partial charge in [0.2, 0.25) is 0 Å². The molecule has 0 saturated carbocycles. The van der Waals surface area contributed by atoms with Gasteiger partial charge in [0.1, 0.15) is 5.01 Å². The first-order valence-corrected chi connectivity index (χ1v) is 7.72. The molecule has 0 fully saturated rings. The van der Waals surface area contributed by atoms with Crippen molar-refractivity contribution >= 4 is 27.8 Å². The zero-order chi connectivity index (χ0) is 13.2. The van der Waals surface area contributed by atoms with E-state index >= 15 is 0 Å². The van der Waals surface area contributed by atoms with Gasteiger partial charge in [0.25, 0.3) is 0 Å². The van der Waals surface area contributed by atoms with E-state index in [-0.39, 0.29) is 0 Å². The fourth-order valence-electron chi connectivity index (χ4n) is 1.81.